The molecule has 2 saturated heterocycles. The molecule has 148 valence electrons. The number of rotatable bonds is 6. The number of ether oxygens (including phenoxy) is 4. The van der Waals surface area contributed by atoms with E-state index in [1.807, 2.05) is 0 Å². The molecule has 2 rings (SSSR count). The minimum absolute atomic E-state index is 0.183. The molecule has 25 heavy (non-hydrogen) atoms. The Labute approximate surface area is 143 Å². The predicted molar refractivity (Wildman–Crippen MR) is 78.0 cm³/mol. The third kappa shape index (κ3) is 4.28. The molecule has 0 bridgehead atoms. The zero-order valence-corrected chi connectivity index (χ0v) is 13.7. The summed E-state index contributed by atoms with van der Waals surface area (Å²) in [5, 5.41) is 68.5. The van der Waals surface area contributed by atoms with Crippen LogP contribution in [0.5, 0.6) is 0 Å². The molecule has 11 heteroatoms. The van der Waals surface area contributed by atoms with Gasteiger partial charge in [0.25, 0.3) is 0 Å². The summed E-state index contributed by atoms with van der Waals surface area (Å²) in [5.41, 5.74) is 0. The lowest BCUT2D eigenvalue weighted by Crippen LogP contribution is -2.64. The molecule has 0 spiro atoms. The standard InChI is InChI=1S/C14H26O11/c1-2-22-13-11(21)12(8(18)6(4-16)23-13)25-14-10(20)9(19)7(17)5(3-15)24-14/h5-21H,2-4H2,1H3/t5-,6-,7+,8+,9+,10-,11-,12+,13-,14+/m1/s1. The molecular formula is C14H26O11. The van der Waals surface area contributed by atoms with Crippen molar-refractivity contribution in [3.05, 3.63) is 0 Å². The summed E-state index contributed by atoms with van der Waals surface area (Å²) in [7, 11) is 0. The molecule has 11 nitrogen and oxygen atoms in total. The molecule has 0 unspecified atom stereocenters. The van der Waals surface area contributed by atoms with E-state index in [0.717, 1.165) is 0 Å². The van der Waals surface area contributed by atoms with E-state index in [0.29, 0.717) is 0 Å². The average molecular weight is 370 g/mol. The van der Waals surface area contributed by atoms with Crippen molar-refractivity contribution in [2.45, 2.75) is 68.3 Å². The van der Waals surface area contributed by atoms with Crippen LogP contribution in [0.25, 0.3) is 0 Å². The fourth-order valence-electron chi connectivity index (χ4n) is 2.85. The van der Waals surface area contributed by atoms with Gasteiger partial charge in [0.05, 0.1) is 13.2 Å². The summed E-state index contributed by atoms with van der Waals surface area (Å²) < 4.78 is 21.0. The lowest BCUT2D eigenvalue weighted by atomic mass is 9.97. The van der Waals surface area contributed by atoms with Crippen LogP contribution in [0, 0.1) is 0 Å². The van der Waals surface area contributed by atoms with Crippen LogP contribution in [0.4, 0.5) is 0 Å². The third-order valence-electron chi connectivity index (χ3n) is 4.29. The topological polar surface area (TPSA) is 179 Å². The number of hydrogen-bond acceptors (Lipinski definition) is 11. The highest BCUT2D eigenvalue weighted by molar-refractivity contribution is 4.94. The van der Waals surface area contributed by atoms with Gasteiger partial charge in [-0.05, 0) is 6.92 Å². The number of aliphatic hydroxyl groups excluding tert-OH is 7. The first kappa shape index (κ1) is 20.9. The van der Waals surface area contributed by atoms with Gasteiger partial charge < -0.3 is 54.7 Å². The van der Waals surface area contributed by atoms with Crippen molar-refractivity contribution in [2.75, 3.05) is 19.8 Å². The molecule has 2 aliphatic rings. The minimum atomic E-state index is -1.70. The van der Waals surface area contributed by atoms with Gasteiger partial charge in [-0.1, -0.05) is 0 Å². The molecule has 2 heterocycles. The van der Waals surface area contributed by atoms with E-state index in [1.54, 1.807) is 6.92 Å². The zero-order valence-electron chi connectivity index (χ0n) is 13.7. The van der Waals surface area contributed by atoms with E-state index in [9.17, 15) is 35.7 Å². The monoisotopic (exact) mass is 370 g/mol. The van der Waals surface area contributed by atoms with E-state index in [4.69, 9.17) is 18.9 Å². The summed E-state index contributed by atoms with van der Waals surface area (Å²) in [6, 6.07) is 0. The lowest BCUT2D eigenvalue weighted by molar-refractivity contribution is -0.359. The lowest BCUT2D eigenvalue weighted by Gasteiger charge is -2.45. The van der Waals surface area contributed by atoms with Crippen molar-refractivity contribution < 1.29 is 54.7 Å². The van der Waals surface area contributed by atoms with Gasteiger partial charge in [-0.2, -0.15) is 0 Å². The fraction of sp³-hybridized carbons (Fsp3) is 1.00. The van der Waals surface area contributed by atoms with Gasteiger partial charge in [-0.15, -0.1) is 0 Å². The van der Waals surface area contributed by atoms with Crippen LogP contribution in [-0.2, 0) is 18.9 Å². The van der Waals surface area contributed by atoms with Crippen molar-refractivity contribution in [2.24, 2.45) is 0 Å². The van der Waals surface area contributed by atoms with Crippen molar-refractivity contribution in [3.63, 3.8) is 0 Å². The highest BCUT2D eigenvalue weighted by Crippen LogP contribution is 2.29. The maximum Gasteiger partial charge on any atom is 0.187 e. The van der Waals surface area contributed by atoms with Crippen LogP contribution in [0.3, 0.4) is 0 Å². The third-order valence-corrected chi connectivity index (χ3v) is 4.29. The highest BCUT2D eigenvalue weighted by Gasteiger charge is 2.50. The second kappa shape index (κ2) is 8.97. The second-order valence-corrected chi connectivity index (χ2v) is 5.96. The Kier molecular flexibility index (Phi) is 7.49. The molecule has 10 atom stereocenters. The Hall–Kier alpha value is -0.440. The summed E-state index contributed by atoms with van der Waals surface area (Å²) in [4.78, 5) is 0. The van der Waals surface area contributed by atoms with Gasteiger partial charge in [0.2, 0.25) is 0 Å². The Morgan fingerprint density at radius 3 is 1.84 bits per heavy atom. The second-order valence-electron chi connectivity index (χ2n) is 5.96. The summed E-state index contributed by atoms with van der Waals surface area (Å²) in [6.07, 6.45) is -14.3. The zero-order chi connectivity index (χ0) is 18.7. The predicted octanol–water partition coefficient (Wildman–Crippen LogP) is -4.35. The molecule has 2 fully saturated rings. The molecule has 0 radical (unpaired) electrons. The molecule has 0 saturated carbocycles. The van der Waals surface area contributed by atoms with Gasteiger partial charge in [-0.3, -0.25) is 0 Å². The van der Waals surface area contributed by atoms with E-state index in [2.05, 4.69) is 0 Å². The molecule has 7 N–H and O–H groups in total. The maximum absolute atomic E-state index is 10.3. The molecule has 0 aromatic heterocycles. The van der Waals surface area contributed by atoms with Crippen molar-refractivity contribution >= 4 is 0 Å². The largest absolute Gasteiger partial charge is 0.394 e. The van der Waals surface area contributed by atoms with Crippen molar-refractivity contribution in [3.8, 4) is 0 Å². The van der Waals surface area contributed by atoms with E-state index in [-0.39, 0.29) is 6.61 Å². The van der Waals surface area contributed by atoms with Crippen LogP contribution < -0.4 is 0 Å². The van der Waals surface area contributed by atoms with Crippen molar-refractivity contribution in [1.29, 1.82) is 0 Å². The Morgan fingerprint density at radius 1 is 0.720 bits per heavy atom. The van der Waals surface area contributed by atoms with Gasteiger partial charge in [-0.25, -0.2) is 0 Å². The smallest absolute Gasteiger partial charge is 0.187 e. The maximum atomic E-state index is 10.3. The van der Waals surface area contributed by atoms with Crippen LogP contribution >= 0.6 is 0 Å². The normalized spacial score (nSPS) is 48.5. The molecule has 0 amide bonds. The van der Waals surface area contributed by atoms with Gasteiger partial charge in [0.15, 0.2) is 12.6 Å². The Balaban J connectivity index is 2.14. The quantitative estimate of drug-likeness (QED) is 0.240. The molecule has 0 aromatic carbocycles. The van der Waals surface area contributed by atoms with E-state index >= 15 is 0 Å². The fourth-order valence-corrected chi connectivity index (χ4v) is 2.85. The first-order chi connectivity index (χ1) is 11.8. The van der Waals surface area contributed by atoms with Crippen LogP contribution in [0.1, 0.15) is 6.92 Å². The first-order valence-corrected chi connectivity index (χ1v) is 8.05. The Morgan fingerprint density at radius 2 is 1.28 bits per heavy atom. The number of aliphatic hydroxyl groups is 7. The van der Waals surface area contributed by atoms with E-state index in [1.165, 1.54) is 0 Å². The van der Waals surface area contributed by atoms with Gasteiger partial charge >= 0.3 is 0 Å². The van der Waals surface area contributed by atoms with Crippen LogP contribution in [0.2, 0.25) is 0 Å². The number of hydrogen-bond donors (Lipinski definition) is 7. The summed E-state index contributed by atoms with van der Waals surface area (Å²) >= 11 is 0. The highest BCUT2D eigenvalue weighted by atomic mass is 16.7. The van der Waals surface area contributed by atoms with Crippen molar-refractivity contribution in [1.82, 2.24) is 0 Å². The first-order valence-electron chi connectivity index (χ1n) is 8.05. The summed E-state index contributed by atoms with van der Waals surface area (Å²) in [5.74, 6) is 0. The molecule has 0 aromatic rings. The van der Waals surface area contributed by atoms with Crippen LogP contribution in [0.15, 0.2) is 0 Å². The average Bonchev–Trinajstić information content (AvgIpc) is 2.60. The van der Waals surface area contributed by atoms with Gasteiger partial charge in [0, 0.05) is 6.61 Å². The van der Waals surface area contributed by atoms with E-state index < -0.39 is 74.6 Å². The Bertz CT molecular complexity index is 408. The SMILES string of the molecule is CCO[C@@H]1O[C@H](CO)[C@H](O)[C@H](O[C@@H]2O[C@H](CO)[C@H](O)[C@H](O)[C@H]2O)[C@H]1O. The molecule has 2 aliphatic heterocycles. The molecule has 0 aliphatic carbocycles. The minimum Gasteiger partial charge on any atom is -0.394 e. The van der Waals surface area contributed by atoms with Crippen LogP contribution in [-0.4, -0.2) is 117 Å². The van der Waals surface area contributed by atoms with Gasteiger partial charge in [0.1, 0.15) is 48.8 Å². The summed E-state index contributed by atoms with van der Waals surface area (Å²) in [6.45, 7) is 0.613. The molecular weight excluding hydrogens is 344 g/mol.